The van der Waals surface area contributed by atoms with Crippen LogP contribution in [0.4, 0.5) is 4.79 Å². The first-order valence-corrected chi connectivity index (χ1v) is 6.55. The molecular weight excluding hydrogens is 260 g/mol. The predicted molar refractivity (Wildman–Crippen MR) is 71.7 cm³/mol. The third-order valence-electron chi connectivity index (χ3n) is 3.20. The topological polar surface area (TPSA) is 80.6 Å². The first-order chi connectivity index (χ1) is 9.52. The van der Waals surface area contributed by atoms with Gasteiger partial charge in [-0.15, -0.1) is 0 Å². The maximum absolute atomic E-state index is 12.3. The molecule has 1 aromatic rings. The van der Waals surface area contributed by atoms with Crippen molar-refractivity contribution >= 4 is 12.0 Å². The number of amides is 2. The van der Waals surface area contributed by atoms with E-state index in [1.54, 1.807) is 19.1 Å². The van der Waals surface area contributed by atoms with Gasteiger partial charge in [-0.3, -0.25) is 0 Å². The van der Waals surface area contributed by atoms with Crippen LogP contribution in [-0.2, 0) is 9.53 Å². The Bertz CT molecular complexity index is 533. The van der Waals surface area contributed by atoms with Crippen molar-refractivity contribution in [2.45, 2.75) is 39.3 Å². The van der Waals surface area contributed by atoms with E-state index in [1.807, 2.05) is 13.8 Å². The maximum Gasteiger partial charge on any atom is 0.338 e. The Morgan fingerprint density at radius 3 is 2.90 bits per heavy atom. The number of ether oxygens (including phenoxy) is 1. The molecule has 108 valence electrons. The van der Waals surface area contributed by atoms with Crippen LogP contribution in [0.3, 0.4) is 0 Å². The standard InChI is InChI=1S/C14H18N2O4/c1-4-8(2)20-13(17)11-9(3)15-14(18)16-12(11)10-6-5-7-19-10/h5-8,12H,4H2,1-3H3,(H2,15,16,18)/t8-,12-/m0/s1. The van der Waals surface area contributed by atoms with Gasteiger partial charge in [-0.1, -0.05) is 6.92 Å². The Morgan fingerprint density at radius 2 is 2.30 bits per heavy atom. The normalized spacial score (nSPS) is 20.1. The lowest BCUT2D eigenvalue weighted by Gasteiger charge is -2.27. The number of hydrogen-bond acceptors (Lipinski definition) is 4. The molecule has 6 heteroatoms. The van der Waals surface area contributed by atoms with E-state index in [0.717, 1.165) is 6.42 Å². The molecule has 0 radical (unpaired) electrons. The largest absolute Gasteiger partial charge is 0.467 e. The molecule has 2 heterocycles. The van der Waals surface area contributed by atoms with Crippen molar-refractivity contribution in [3.8, 4) is 0 Å². The van der Waals surface area contributed by atoms with E-state index in [2.05, 4.69) is 10.6 Å². The van der Waals surface area contributed by atoms with Gasteiger partial charge in [0, 0.05) is 5.70 Å². The van der Waals surface area contributed by atoms with Crippen molar-refractivity contribution < 1.29 is 18.7 Å². The zero-order chi connectivity index (χ0) is 14.7. The van der Waals surface area contributed by atoms with Gasteiger partial charge in [0.05, 0.1) is 17.9 Å². The number of rotatable bonds is 4. The fourth-order valence-electron chi connectivity index (χ4n) is 1.96. The van der Waals surface area contributed by atoms with Crippen molar-refractivity contribution in [1.82, 2.24) is 10.6 Å². The van der Waals surface area contributed by atoms with Crippen LogP contribution < -0.4 is 10.6 Å². The van der Waals surface area contributed by atoms with Crippen molar-refractivity contribution in [2.75, 3.05) is 0 Å². The number of allylic oxidation sites excluding steroid dienone is 1. The number of furan rings is 1. The molecule has 20 heavy (non-hydrogen) atoms. The van der Waals surface area contributed by atoms with Crippen LogP contribution in [0.25, 0.3) is 0 Å². The van der Waals surface area contributed by atoms with Gasteiger partial charge in [0.15, 0.2) is 0 Å². The van der Waals surface area contributed by atoms with Gasteiger partial charge in [-0.2, -0.15) is 0 Å². The molecule has 0 aromatic carbocycles. The zero-order valence-electron chi connectivity index (χ0n) is 11.7. The quantitative estimate of drug-likeness (QED) is 0.828. The third-order valence-corrected chi connectivity index (χ3v) is 3.20. The number of nitrogens with one attached hydrogen (secondary N) is 2. The van der Waals surface area contributed by atoms with Crippen LogP contribution in [0.1, 0.15) is 39.0 Å². The smallest absolute Gasteiger partial charge is 0.338 e. The average Bonchev–Trinajstić information content (AvgIpc) is 2.91. The van der Waals surface area contributed by atoms with E-state index >= 15 is 0 Å². The van der Waals surface area contributed by atoms with Crippen molar-refractivity contribution in [2.24, 2.45) is 0 Å². The molecule has 1 aromatic heterocycles. The summed E-state index contributed by atoms with van der Waals surface area (Å²) in [5, 5.41) is 5.25. The highest BCUT2D eigenvalue weighted by atomic mass is 16.5. The Morgan fingerprint density at radius 1 is 1.55 bits per heavy atom. The minimum Gasteiger partial charge on any atom is -0.467 e. The van der Waals surface area contributed by atoms with Crippen molar-refractivity contribution in [3.05, 3.63) is 35.4 Å². The molecule has 1 aliphatic heterocycles. The summed E-state index contributed by atoms with van der Waals surface area (Å²) in [4.78, 5) is 23.9. The predicted octanol–water partition coefficient (Wildman–Crippen LogP) is 2.25. The summed E-state index contributed by atoms with van der Waals surface area (Å²) < 4.78 is 10.6. The number of carbonyl (C=O) groups excluding carboxylic acids is 2. The molecule has 2 amide bonds. The Labute approximate surface area is 117 Å². The van der Waals surface area contributed by atoms with Crippen LogP contribution in [0.15, 0.2) is 34.1 Å². The summed E-state index contributed by atoms with van der Waals surface area (Å²) in [6, 6.07) is 2.41. The highest BCUT2D eigenvalue weighted by Gasteiger charge is 2.34. The monoisotopic (exact) mass is 278 g/mol. The van der Waals surface area contributed by atoms with Crippen LogP contribution >= 0.6 is 0 Å². The van der Waals surface area contributed by atoms with E-state index < -0.39 is 12.0 Å². The second-order valence-corrected chi connectivity index (χ2v) is 4.71. The molecule has 0 saturated heterocycles. The number of urea groups is 1. The first kappa shape index (κ1) is 14.2. The van der Waals surface area contributed by atoms with Crippen molar-refractivity contribution in [3.63, 3.8) is 0 Å². The Kier molecular flexibility index (Phi) is 4.12. The SMILES string of the molecule is CC[C@H](C)OC(=O)C1=C(C)NC(=O)N[C@H]1c1ccco1. The molecule has 2 N–H and O–H groups in total. The summed E-state index contributed by atoms with van der Waals surface area (Å²) in [6.45, 7) is 5.43. The van der Waals surface area contributed by atoms with Gasteiger partial charge in [0.2, 0.25) is 0 Å². The average molecular weight is 278 g/mol. The summed E-state index contributed by atoms with van der Waals surface area (Å²) >= 11 is 0. The van der Waals surface area contributed by atoms with Gasteiger partial charge in [0.25, 0.3) is 0 Å². The molecule has 1 aliphatic rings. The minimum absolute atomic E-state index is 0.183. The number of esters is 1. The third kappa shape index (κ3) is 2.84. The molecule has 0 fully saturated rings. The minimum atomic E-state index is -0.629. The van der Waals surface area contributed by atoms with Gasteiger partial charge in [-0.05, 0) is 32.4 Å². The fourth-order valence-corrected chi connectivity index (χ4v) is 1.96. The molecule has 0 aliphatic carbocycles. The van der Waals surface area contributed by atoms with E-state index in [0.29, 0.717) is 17.0 Å². The highest BCUT2D eigenvalue weighted by molar-refractivity contribution is 5.94. The Balaban J connectivity index is 2.31. The van der Waals surface area contributed by atoms with Crippen LogP contribution in [0, 0.1) is 0 Å². The molecule has 2 rings (SSSR count). The highest BCUT2D eigenvalue weighted by Crippen LogP contribution is 2.28. The number of carbonyl (C=O) groups is 2. The van der Waals surface area contributed by atoms with Crippen LogP contribution in [0.5, 0.6) is 0 Å². The molecule has 0 spiro atoms. The van der Waals surface area contributed by atoms with E-state index in [9.17, 15) is 9.59 Å². The van der Waals surface area contributed by atoms with Gasteiger partial charge in [0.1, 0.15) is 11.8 Å². The molecule has 0 unspecified atom stereocenters. The summed E-state index contributed by atoms with van der Waals surface area (Å²) in [7, 11) is 0. The second-order valence-electron chi connectivity index (χ2n) is 4.71. The van der Waals surface area contributed by atoms with E-state index in [4.69, 9.17) is 9.15 Å². The summed E-state index contributed by atoms with van der Waals surface area (Å²) in [5.41, 5.74) is 0.836. The first-order valence-electron chi connectivity index (χ1n) is 6.55. The van der Waals surface area contributed by atoms with E-state index in [1.165, 1.54) is 6.26 Å². The van der Waals surface area contributed by atoms with Crippen LogP contribution in [0.2, 0.25) is 0 Å². The maximum atomic E-state index is 12.3. The fraction of sp³-hybridized carbons (Fsp3) is 0.429. The van der Waals surface area contributed by atoms with Gasteiger partial charge < -0.3 is 19.8 Å². The van der Waals surface area contributed by atoms with Gasteiger partial charge >= 0.3 is 12.0 Å². The molecular formula is C14H18N2O4. The van der Waals surface area contributed by atoms with Crippen LogP contribution in [-0.4, -0.2) is 18.1 Å². The molecule has 6 nitrogen and oxygen atoms in total. The van der Waals surface area contributed by atoms with E-state index in [-0.39, 0.29) is 12.1 Å². The molecule has 2 atom stereocenters. The number of hydrogen-bond donors (Lipinski definition) is 2. The lowest BCUT2D eigenvalue weighted by molar-refractivity contribution is -0.144. The Hall–Kier alpha value is -2.24. The lowest BCUT2D eigenvalue weighted by Crippen LogP contribution is -2.45. The van der Waals surface area contributed by atoms with Crippen molar-refractivity contribution in [1.29, 1.82) is 0 Å². The second kappa shape index (κ2) is 5.81. The lowest BCUT2D eigenvalue weighted by atomic mass is 10.0. The summed E-state index contributed by atoms with van der Waals surface area (Å²) in [5.74, 6) is 0.0426. The zero-order valence-corrected chi connectivity index (χ0v) is 11.7. The molecule has 0 bridgehead atoms. The van der Waals surface area contributed by atoms with Gasteiger partial charge in [-0.25, -0.2) is 9.59 Å². The molecule has 0 saturated carbocycles. The summed E-state index contributed by atoms with van der Waals surface area (Å²) in [6.07, 6.45) is 2.04.